The van der Waals surface area contributed by atoms with Gasteiger partial charge in [-0.1, -0.05) is 12.1 Å². The molecule has 0 aliphatic carbocycles. The molecule has 2 rings (SSSR count). The molecule has 0 bridgehead atoms. The molecule has 0 amide bonds. The van der Waals surface area contributed by atoms with Crippen molar-refractivity contribution in [2.75, 3.05) is 20.2 Å². The molecule has 1 aliphatic rings. The minimum absolute atomic E-state index is 0.0891. The van der Waals surface area contributed by atoms with Gasteiger partial charge < -0.3 is 14.6 Å². The standard InChI is InChI=1S/C18H29NO3/c1-18(2,3)19-10-9-17(11-15(20)12-19)22-13-14-5-7-16(21-4)8-6-14/h5-8,15,17,20H,9-13H2,1-4H3. The lowest BCUT2D eigenvalue weighted by Crippen LogP contribution is -2.44. The third-order valence-corrected chi connectivity index (χ3v) is 4.28. The Balaban J connectivity index is 1.87. The van der Waals surface area contributed by atoms with E-state index in [2.05, 4.69) is 25.7 Å². The SMILES string of the molecule is COc1ccc(COC2CCN(C(C)(C)C)CC(O)C2)cc1. The molecule has 4 heteroatoms. The fourth-order valence-corrected chi connectivity index (χ4v) is 2.84. The summed E-state index contributed by atoms with van der Waals surface area (Å²) in [7, 11) is 1.67. The van der Waals surface area contributed by atoms with Crippen LogP contribution >= 0.6 is 0 Å². The molecule has 4 nitrogen and oxygen atoms in total. The van der Waals surface area contributed by atoms with Crippen molar-refractivity contribution in [2.24, 2.45) is 0 Å². The molecule has 1 heterocycles. The van der Waals surface area contributed by atoms with Crippen LogP contribution in [-0.4, -0.2) is 48.0 Å². The Bertz CT molecular complexity index is 452. The molecule has 1 N–H and O–H groups in total. The van der Waals surface area contributed by atoms with Gasteiger partial charge in [0.25, 0.3) is 0 Å². The molecule has 0 spiro atoms. The van der Waals surface area contributed by atoms with Gasteiger partial charge in [-0.2, -0.15) is 0 Å². The van der Waals surface area contributed by atoms with Crippen LogP contribution in [0.3, 0.4) is 0 Å². The van der Waals surface area contributed by atoms with E-state index < -0.39 is 0 Å². The number of aliphatic hydroxyl groups excluding tert-OH is 1. The van der Waals surface area contributed by atoms with Crippen LogP contribution in [0.15, 0.2) is 24.3 Å². The van der Waals surface area contributed by atoms with Crippen molar-refractivity contribution in [3.05, 3.63) is 29.8 Å². The third-order valence-electron chi connectivity index (χ3n) is 4.28. The summed E-state index contributed by atoms with van der Waals surface area (Å²) in [5, 5.41) is 10.2. The van der Waals surface area contributed by atoms with Crippen LogP contribution in [-0.2, 0) is 11.3 Å². The van der Waals surface area contributed by atoms with Crippen molar-refractivity contribution in [3.63, 3.8) is 0 Å². The first-order valence-electron chi connectivity index (χ1n) is 8.06. The highest BCUT2D eigenvalue weighted by Gasteiger charge is 2.29. The molecule has 0 radical (unpaired) electrons. The molecule has 1 fully saturated rings. The number of β-amino-alcohol motifs (C(OH)–C–C–N with tert-alkyl or cyclic N) is 1. The summed E-state index contributed by atoms with van der Waals surface area (Å²) in [6, 6.07) is 7.94. The van der Waals surface area contributed by atoms with Crippen LogP contribution in [0.4, 0.5) is 0 Å². The quantitative estimate of drug-likeness (QED) is 0.929. The van der Waals surface area contributed by atoms with E-state index in [1.165, 1.54) is 0 Å². The number of methoxy groups -OCH3 is 1. The van der Waals surface area contributed by atoms with Crippen molar-refractivity contribution < 1.29 is 14.6 Å². The highest BCUT2D eigenvalue weighted by atomic mass is 16.5. The number of hydrogen-bond acceptors (Lipinski definition) is 4. The van der Waals surface area contributed by atoms with E-state index in [-0.39, 0.29) is 17.7 Å². The van der Waals surface area contributed by atoms with Gasteiger partial charge in [-0.3, -0.25) is 4.90 Å². The summed E-state index contributed by atoms with van der Waals surface area (Å²) < 4.78 is 11.2. The lowest BCUT2D eigenvalue weighted by atomic mass is 10.1. The van der Waals surface area contributed by atoms with Gasteiger partial charge in [-0.15, -0.1) is 0 Å². The van der Waals surface area contributed by atoms with E-state index in [1.54, 1.807) is 7.11 Å². The van der Waals surface area contributed by atoms with Crippen LogP contribution in [0.1, 0.15) is 39.2 Å². The van der Waals surface area contributed by atoms with Crippen LogP contribution in [0.2, 0.25) is 0 Å². The second-order valence-corrected chi connectivity index (χ2v) is 7.08. The average Bonchev–Trinajstić information content (AvgIpc) is 2.67. The van der Waals surface area contributed by atoms with Crippen molar-refractivity contribution in [3.8, 4) is 5.75 Å². The van der Waals surface area contributed by atoms with Crippen molar-refractivity contribution in [1.82, 2.24) is 4.90 Å². The molecular weight excluding hydrogens is 278 g/mol. The van der Waals surface area contributed by atoms with Gasteiger partial charge >= 0.3 is 0 Å². The maximum absolute atomic E-state index is 10.2. The minimum atomic E-state index is -0.317. The molecule has 2 atom stereocenters. The van der Waals surface area contributed by atoms with Crippen LogP contribution in [0.5, 0.6) is 5.75 Å². The Morgan fingerprint density at radius 2 is 1.91 bits per heavy atom. The fourth-order valence-electron chi connectivity index (χ4n) is 2.84. The second-order valence-electron chi connectivity index (χ2n) is 7.08. The normalized spacial score (nSPS) is 24.0. The van der Waals surface area contributed by atoms with E-state index in [1.807, 2.05) is 24.3 Å². The molecule has 1 aromatic carbocycles. The van der Waals surface area contributed by atoms with Gasteiger partial charge in [-0.25, -0.2) is 0 Å². The number of ether oxygens (including phenoxy) is 2. The Morgan fingerprint density at radius 3 is 2.50 bits per heavy atom. The van der Waals surface area contributed by atoms with Gasteiger partial charge in [0.05, 0.1) is 25.9 Å². The van der Waals surface area contributed by atoms with Gasteiger partial charge in [0.1, 0.15) is 5.75 Å². The first-order chi connectivity index (χ1) is 10.4. The van der Waals surface area contributed by atoms with E-state index in [0.29, 0.717) is 13.0 Å². The minimum Gasteiger partial charge on any atom is -0.497 e. The number of nitrogens with zero attached hydrogens (tertiary/aromatic N) is 1. The van der Waals surface area contributed by atoms with Crippen LogP contribution in [0.25, 0.3) is 0 Å². The van der Waals surface area contributed by atoms with E-state index in [4.69, 9.17) is 9.47 Å². The molecular formula is C18H29NO3. The number of aliphatic hydroxyl groups is 1. The van der Waals surface area contributed by atoms with E-state index >= 15 is 0 Å². The zero-order valence-corrected chi connectivity index (χ0v) is 14.2. The molecule has 22 heavy (non-hydrogen) atoms. The summed E-state index contributed by atoms with van der Waals surface area (Å²) in [6.07, 6.45) is 1.47. The molecule has 0 saturated carbocycles. The third kappa shape index (κ3) is 4.97. The zero-order valence-electron chi connectivity index (χ0n) is 14.2. The zero-order chi connectivity index (χ0) is 16.2. The van der Waals surface area contributed by atoms with E-state index in [9.17, 15) is 5.11 Å². The van der Waals surface area contributed by atoms with Gasteiger partial charge in [0.15, 0.2) is 0 Å². The number of rotatable bonds is 4. The second kappa shape index (κ2) is 7.44. The number of likely N-dealkylation sites (tertiary alicyclic amines) is 1. The molecule has 1 saturated heterocycles. The predicted molar refractivity (Wildman–Crippen MR) is 88.1 cm³/mol. The number of hydrogen-bond donors (Lipinski definition) is 1. The monoisotopic (exact) mass is 307 g/mol. The Labute approximate surface area is 134 Å². The summed E-state index contributed by atoms with van der Waals surface area (Å²) >= 11 is 0. The van der Waals surface area contributed by atoms with E-state index in [0.717, 1.165) is 30.8 Å². The van der Waals surface area contributed by atoms with Crippen molar-refractivity contribution >= 4 is 0 Å². The summed E-state index contributed by atoms with van der Waals surface area (Å²) in [5.41, 5.74) is 1.22. The maximum Gasteiger partial charge on any atom is 0.118 e. The molecule has 0 aromatic heterocycles. The highest BCUT2D eigenvalue weighted by molar-refractivity contribution is 5.26. The topological polar surface area (TPSA) is 41.9 Å². The Kier molecular flexibility index (Phi) is 5.84. The average molecular weight is 307 g/mol. The predicted octanol–water partition coefficient (Wildman–Crippen LogP) is 2.84. The van der Waals surface area contributed by atoms with Crippen molar-refractivity contribution in [2.45, 2.75) is 58.0 Å². The first-order valence-corrected chi connectivity index (χ1v) is 8.06. The summed E-state index contributed by atoms with van der Waals surface area (Å²) in [4.78, 5) is 2.34. The van der Waals surface area contributed by atoms with Gasteiger partial charge in [-0.05, 0) is 44.9 Å². The van der Waals surface area contributed by atoms with Gasteiger partial charge in [0.2, 0.25) is 0 Å². The lowest BCUT2D eigenvalue weighted by Gasteiger charge is -2.35. The smallest absolute Gasteiger partial charge is 0.118 e. The Hall–Kier alpha value is -1.10. The fraction of sp³-hybridized carbons (Fsp3) is 0.667. The lowest BCUT2D eigenvalue weighted by molar-refractivity contribution is 0.00865. The largest absolute Gasteiger partial charge is 0.497 e. The molecule has 2 unspecified atom stereocenters. The summed E-state index contributed by atoms with van der Waals surface area (Å²) in [5.74, 6) is 0.856. The highest BCUT2D eigenvalue weighted by Crippen LogP contribution is 2.22. The van der Waals surface area contributed by atoms with Crippen LogP contribution < -0.4 is 4.74 Å². The maximum atomic E-state index is 10.2. The molecule has 124 valence electrons. The first kappa shape index (κ1) is 17.3. The van der Waals surface area contributed by atoms with Crippen molar-refractivity contribution in [1.29, 1.82) is 0 Å². The molecule has 1 aromatic rings. The number of benzene rings is 1. The molecule has 1 aliphatic heterocycles. The Morgan fingerprint density at radius 1 is 1.23 bits per heavy atom. The summed E-state index contributed by atoms with van der Waals surface area (Å²) in [6.45, 7) is 8.85. The van der Waals surface area contributed by atoms with Gasteiger partial charge in [0, 0.05) is 25.0 Å². The van der Waals surface area contributed by atoms with Crippen LogP contribution in [0, 0.1) is 0 Å².